The maximum absolute atomic E-state index is 13.8. The number of nitrogens with one attached hydrogen (secondary N) is 1. The molecule has 1 fully saturated rings. The van der Waals surface area contributed by atoms with Gasteiger partial charge in [0.25, 0.3) is 0 Å². The van der Waals surface area contributed by atoms with E-state index in [-0.39, 0.29) is 17.2 Å². The molecule has 1 aromatic carbocycles. The van der Waals surface area contributed by atoms with E-state index >= 15 is 0 Å². The quantitative estimate of drug-likeness (QED) is 0.898. The predicted molar refractivity (Wildman–Crippen MR) is 88.4 cm³/mol. The lowest BCUT2D eigenvalue weighted by Gasteiger charge is -2.42. The highest BCUT2D eigenvalue weighted by Crippen LogP contribution is 2.55. The largest absolute Gasteiger partial charge is 0.317 e. The van der Waals surface area contributed by atoms with E-state index in [2.05, 4.69) is 5.32 Å². The molecule has 5 heteroatoms. The number of nitrogens with two attached hydrogens (primary N) is 1. The van der Waals surface area contributed by atoms with Crippen molar-refractivity contribution in [2.45, 2.75) is 50.2 Å². The molecule has 1 unspecified atom stereocenters. The van der Waals surface area contributed by atoms with Gasteiger partial charge in [-0.2, -0.15) is 0 Å². The predicted octanol–water partition coefficient (Wildman–Crippen LogP) is 2.63. The van der Waals surface area contributed by atoms with Gasteiger partial charge in [-0.3, -0.25) is 5.14 Å². The fraction of sp³-hybridized carbons (Fsp3) is 0.647. The smallest absolute Gasteiger partial charge is 0.123 e. The Morgan fingerprint density at radius 1 is 1.41 bits per heavy atom. The number of hydrogen-bond acceptors (Lipinski definition) is 2. The number of benzene rings is 1. The SMILES string of the molecule is CC(C)(C[C@@H]1c2cc(F)ccc2CC12CCNCC2)S(N)=O. The van der Waals surface area contributed by atoms with Crippen LogP contribution >= 0.6 is 0 Å². The van der Waals surface area contributed by atoms with Gasteiger partial charge < -0.3 is 5.32 Å². The molecule has 3 nitrogen and oxygen atoms in total. The standard InChI is InChI=1S/C17H25FN2OS/c1-16(2,22(19)21)11-15-14-9-13(18)4-3-12(14)10-17(15)5-7-20-8-6-17/h3-4,9,15,20H,5-8,10-11,19H2,1-2H3/t15-,22?/m1/s1. The Hall–Kier alpha value is -0.780. The Labute approximate surface area is 134 Å². The van der Waals surface area contributed by atoms with E-state index in [4.69, 9.17) is 5.14 Å². The number of fused-ring (bicyclic) bond motifs is 1. The minimum Gasteiger partial charge on any atom is -0.317 e. The minimum atomic E-state index is -1.38. The Kier molecular flexibility index (Phi) is 4.16. The third kappa shape index (κ3) is 2.74. The molecule has 2 atom stereocenters. The van der Waals surface area contributed by atoms with Gasteiger partial charge >= 0.3 is 0 Å². The van der Waals surface area contributed by atoms with Crippen LogP contribution in [0.2, 0.25) is 0 Å². The highest BCUT2D eigenvalue weighted by atomic mass is 32.2. The van der Waals surface area contributed by atoms with Crippen LogP contribution in [0.15, 0.2) is 18.2 Å². The third-order valence-electron chi connectivity index (χ3n) is 5.60. The molecular weight excluding hydrogens is 299 g/mol. The molecule has 3 N–H and O–H groups in total. The van der Waals surface area contributed by atoms with Gasteiger partial charge in [0, 0.05) is 0 Å². The third-order valence-corrected chi connectivity index (χ3v) is 6.86. The van der Waals surface area contributed by atoms with E-state index in [1.54, 1.807) is 12.1 Å². The molecule has 0 amide bonds. The average molecular weight is 324 g/mol. The molecule has 1 aliphatic carbocycles. The van der Waals surface area contributed by atoms with Crippen molar-refractivity contribution >= 4 is 11.0 Å². The Morgan fingerprint density at radius 2 is 2.09 bits per heavy atom. The molecule has 1 aromatic rings. The second kappa shape index (κ2) is 5.69. The van der Waals surface area contributed by atoms with Crippen LogP contribution in [0.25, 0.3) is 0 Å². The molecule has 0 aromatic heterocycles. The van der Waals surface area contributed by atoms with Crippen LogP contribution in [0.5, 0.6) is 0 Å². The van der Waals surface area contributed by atoms with Crippen LogP contribution in [0, 0.1) is 11.2 Å². The van der Waals surface area contributed by atoms with Crippen LogP contribution < -0.4 is 10.5 Å². The number of halogens is 1. The molecule has 1 heterocycles. The first kappa shape index (κ1) is 16.1. The summed E-state index contributed by atoms with van der Waals surface area (Å²) in [7, 11) is -1.38. The maximum Gasteiger partial charge on any atom is 0.123 e. The van der Waals surface area contributed by atoms with E-state index in [0.717, 1.165) is 44.3 Å². The van der Waals surface area contributed by atoms with Gasteiger partial charge in [0.1, 0.15) is 5.82 Å². The van der Waals surface area contributed by atoms with E-state index < -0.39 is 15.7 Å². The molecule has 2 aliphatic rings. The minimum absolute atomic E-state index is 0.165. The number of rotatable bonds is 3. The molecule has 0 radical (unpaired) electrons. The zero-order valence-electron chi connectivity index (χ0n) is 13.3. The highest BCUT2D eigenvalue weighted by Gasteiger charge is 2.48. The van der Waals surface area contributed by atoms with Gasteiger partial charge in [0.05, 0.1) is 15.7 Å². The normalized spacial score (nSPS) is 25.2. The summed E-state index contributed by atoms with van der Waals surface area (Å²) in [6.45, 7) is 5.91. The second-order valence-corrected chi connectivity index (χ2v) is 9.15. The molecule has 1 aliphatic heterocycles. The summed E-state index contributed by atoms with van der Waals surface area (Å²) < 4.78 is 25.2. The molecule has 0 saturated carbocycles. The summed E-state index contributed by atoms with van der Waals surface area (Å²) in [4.78, 5) is 0. The van der Waals surface area contributed by atoms with Crippen molar-refractivity contribution in [3.05, 3.63) is 35.1 Å². The van der Waals surface area contributed by atoms with Crippen molar-refractivity contribution in [3.8, 4) is 0 Å². The molecule has 3 rings (SSSR count). The van der Waals surface area contributed by atoms with Crippen molar-refractivity contribution < 1.29 is 8.60 Å². The number of piperidine rings is 1. The molecule has 22 heavy (non-hydrogen) atoms. The zero-order chi connectivity index (χ0) is 16.0. The Morgan fingerprint density at radius 3 is 2.73 bits per heavy atom. The van der Waals surface area contributed by atoms with Crippen LogP contribution in [0.1, 0.15) is 50.2 Å². The lowest BCUT2D eigenvalue weighted by Crippen LogP contribution is -2.43. The van der Waals surface area contributed by atoms with Crippen molar-refractivity contribution in [2.75, 3.05) is 13.1 Å². The van der Waals surface area contributed by atoms with E-state index in [0.29, 0.717) is 0 Å². The summed E-state index contributed by atoms with van der Waals surface area (Å²) in [5, 5.41) is 9.12. The maximum atomic E-state index is 13.8. The average Bonchev–Trinajstić information content (AvgIpc) is 2.73. The van der Waals surface area contributed by atoms with Gasteiger partial charge in [-0.25, -0.2) is 8.60 Å². The first-order valence-corrected chi connectivity index (χ1v) is 9.21. The van der Waals surface area contributed by atoms with Gasteiger partial charge in [0.2, 0.25) is 0 Å². The number of hydrogen-bond donors (Lipinski definition) is 2. The molecule has 0 bridgehead atoms. The van der Waals surface area contributed by atoms with E-state index in [9.17, 15) is 8.60 Å². The monoisotopic (exact) mass is 324 g/mol. The lowest BCUT2D eigenvalue weighted by molar-refractivity contribution is 0.158. The second-order valence-electron chi connectivity index (χ2n) is 7.45. The lowest BCUT2D eigenvalue weighted by atomic mass is 9.67. The molecule has 1 saturated heterocycles. The van der Waals surface area contributed by atoms with Crippen molar-refractivity contribution in [1.82, 2.24) is 5.32 Å². The van der Waals surface area contributed by atoms with Gasteiger partial charge in [-0.1, -0.05) is 6.07 Å². The highest BCUT2D eigenvalue weighted by molar-refractivity contribution is 7.84. The fourth-order valence-corrected chi connectivity index (χ4v) is 4.56. The summed E-state index contributed by atoms with van der Waals surface area (Å²) in [5.41, 5.74) is 2.53. The van der Waals surface area contributed by atoms with Crippen molar-refractivity contribution in [3.63, 3.8) is 0 Å². The van der Waals surface area contributed by atoms with Crippen molar-refractivity contribution in [1.29, 1.82) is 0 Å². The van der Waals surface area contributed by atoms with Crippen LogP contribution in [0.3, 0.4) is 0 Å². The Bertz CT molecular complexity index is 596. The molecule has 1 spiro atoms. The zero-order valence-corrected chi connectivity index (χ0v) is 14.1. The topological polar surface area (TPSA) is 55.1 Å². The molecular formula is C17H25FN2OS. The summed E-state index contributed by atoms with van der Waals surface area (Å²) >= 11 is 0. The fourth-order valence-electron chi connectivity index (χ4n) is 4.23. The first-order chi connectivity index (χ1) is 10.3. The van der Waals surface area contributed by atoms with E-state index in [1.165, 1.54) is 5.56 Å². The van der Waals surface area contributed by atoms with Crippen molar-refractivity contribution in [2.24, 2.45) is 10.6 Å². The van der Waals surface area contributed by atoms with E-state index in [1.807, 2.05) is 19.9 Å². The first-order valence-electron chi connectivity index (χ1n) is 7.99. The van der Waals surface area contributed by atoms with Crippen LogP contribution in [0.4, 0.5) is 4.39 Å². The summed E-state index contributed by atoms with van der Waals surface area (Å²) in [6, 6.07) is 5.18. The molecule has 122 valence electrons. The van der Waals surface area contributed by atoms with Crippen LogP contribution in [-0.2, 0) is 17.4 Å². The Balaban J connectivity index is 2.01. The van der Waals surface area contributed by atoms with Gasteiger partial charge in [-0.05, 0) is 87.2 Å². The van der Waals surface area contributed by atoms with Gasteiger partial charge in [-0.15, -0.1) is 0 Å². The summed E-state index contributed by atoms with van der Waals surface area (Å²) in [5.74, 6) is 0.0595. The summed E-state index contributed by atoms with van der Waals surface area (Å²) in [6.07, 6.45) is 3.91. The van der Waals surface area contributed by atoms with Crippen LogP contribution in [-0.4, -0.2) is 22.0 Å². The van der Waals surface area contributed by atoms with Gasteiger partial charge in [0.15, 0.2) is 0 Å².